The maximum atomic E-state index is 13.1. The number of alkyl halides is 3. The van der Waals surface area contributed by atoms with Gasteiger partial charge in [-0.25, -0.2) is 13.2 Å². The van der Waals surface area contributed by atoms with E-state index in [1.54, 1.807) is 27.0 Å². The lowest BCUT2D eigenvalue weighted by molar-refractivity contribution is -0.148. The molecule has 0 fully saturated rings. The SMILES string of the molecule is CC(C)(C)OC(=O)/C=C/c1c[nH]c2cc(S(=O)(=O)Nc3ccc(Cl)c(C(F)(F)F)c3)c(Br)cc12. The molecular weight excluding hydrogens is 561 g/mol. The van der Waals surface area contributed by atoms with Crippen LogP contribution in [0.3, 0.4) is 0 Å². The van der Waals surface area contributed by atoms with Gasteiger partial charge >= 0.3 is 12.1 Å². The summed E-state index contributed by atoms with van der Waals surface area (Å²) in [6.07, 6.45) is -0.382. The van der Waals surface area contributed by atoms with Crippen LogP contribution in [0.2, 0.25) is 5.02 Å². The Kier molecular flexibility index (Phi) is 7.12. The van der Waals surface area contributed by atoms with Gasteiger partial charge < -0.3 is 9.72 Å². The number of rotatable bonds is 5. The molecule has 3 aromatic rings. The van der Waals surface area contributed by atoms with Crippen LogP contribution < -0.4 is 4.72 Å². The van der Waals surface area contributed by atoms with Crippen molar-refractivity contribution in [2.24, 2.45) is 0 Å². The molecule has 1 aromatic heterocycles. The highest BCUT2D eigenvalue weighted by Gasteiger charge is 2.34. The highest BCUT2D eigenvalue weighted by Crippen LogP contribution is 2.37. The molecule has 0 aliphatic rings. The Morgan fingerprint density at radius 2 is 1.85 bits per heavy atom. The number of ether oxygens (including phenoxy) is 1. The number of fused-ring (bicyclic) bond motifs is 1. The second-order valence-electron chi connectivity index (χ2n) is 8.24. The van der Waals surface area contributed by atoms with Crippen molar-refractivity contribution in [2.45, 2.75) is 37.4 Å². The van der Waals surface area contributed by atoms with E-state index >= 15 is 0 Å². The molecule has 0 saturated heterocycles. The third-order valence-corrected chi connectivity index (χ3v) is 7.05. The Balaban J connectivity index is 1.92. The van der Waals surface area contributed by atoms with Crippen LogP contribution in [-0.2, 0) is 25.7 Å². The molecule has 2 aromatic carbocycles. The zero-order chi connectivity index (χ0) is 25.5. The van der Waals surface area contributed by atoms with Gasteiger partial charge in [0.15, 0.2) is 0 Å². The quantitative estimate of drug-likeness (QED) is 0.258. The molecule has 12 heteroatoms. The Morgan fingerprint density at radius 3 is 2.47 bits per heavy atom. The average Bonchev–Trinajstić information content (AvgIpc) is 3.06. The molecule has 0 aliphatic carbocycles. The predicted molar refractivity (Wildman–Crippen MR) is 128 cm³/mol. The third kappa shape index (κ3) is 6.13. The molecule has 3 rings (SSSR count). The Hall–Kier alpha value is -2.50. The lowest BCUT2D eigenvalue weighted by Gasteiger charge is -2.17. The fourth-order valence-corrected chi connectivity index (χ4v) is 5.34. The van der Waals surface area contributed by atoms with Crippen LogP contribution in [0.1, 0.15) is 31.9 Å². The van der Waals surface area contributed by atoms with Crippen molar-refractivity contribution >= 4 is 66.2 Å². The van der Waals surface area contributed by atoms with Crippen molar-refractivity contribution in [3.05, 3.63) is 63.2 Å². The van der Waals surface area contributed by atoms with Gasteiger partial charge in [0.25, 0.3) is 10.0 Å². The van der Waals surface area contributed by atoms with Gasteiger partial charge in [0.05, 0.1) is 10.6 Å². The summed E-state index contributed by atoms with van der Waals surface area (Å²) in [5.74, 6) is -0.537. The summed E-state index contributed by atoms with van der Waals surface area (Å²) in [4.78, 5) is 14.6. The number of benzene rings is 2. The molecule has 34 heavy (non-hydrogen) atoms. The standard InChI is InChI=1S/C22H19BrClF3N2O4S/c1-21(2,3)33-20(30)7-4-12-11-28-18-10-19(16(23)9-14(12)18)34(31,32)29-13-5-6-17(24)15(8-13)22(25,26)27/h4-11,28-29H,1-3H3/b7-4+. The van der Waals surface area contributed by atoms with Gasteiger partial charge in [0, 0.05) is 38.9 Å². The van der Waals surface area contributed by atoms with Gasteiger partial charge in [-0.2, -0.15) is 13.2 Å². The maximum Gasteiger partial charge on any atom is 0.417 e. The smallest absolute Gasteiger partial charge is 0.417 e. The molecule has 6 nitrogen and oxygen atoms in total. The Labute approximate surface area is 207 Å². The summed E-state index contributed by atoms with van der Waals surface area (Å²) in [6.45, 7) is 5.22. The minimum absolute atomic E-state index is 0.170. The first-order valence-electron chi connectivity index (χ1n) is 9.68. The van der Waals surface area contributed by atoms with Crippen molar-refractivity contribution in [1.82, 2.24) is 4.98 Å². The van der Waals surface area contributed by atoms with Crippen molar-refractivity contribution in [2.75, 3.05) is 4.72 Å². The number of hydrogen-bond donors (Lipinski definition) is 2. The number of halogens is 5. The summed E-state index contributed by atoms with van der Waals surface area (Å²) in [6, 6.07) is 5.58. The van der Waals surface area contributed by atoms with Crippen LogP contribution in [0, 0.1) is 0 Å². The largest absolute Gasteiger partial charge is 0.457 e. The number of carbonyl (C=O) groups is 1. The molecule has 0 amide bonds. The van der Waals surface area contributed by atoms with E-state index in [4.69, 9.17) is 16.3 Å². The van der Waals surface area contributed by atoms with E-state index in [1.807, 2.05) is 0 Å². The maximum absolute atomic E-state index is 13.1. The Bertz CT molecular complexity index is 1390. The number of nitrogens with one attached hydrogen (secondary N) is 2. The minimum Gasteiger partial charge on any atom is -0.457 e. The van der Waals surface area contributed by atoms with E-state index in [1.165, 1.54) is 24.3 Å². The van der Waals surface area contributed by atoms with Crippen LogP contribution in [0.5, 0.6) is 0 Å². The molecule has 0 unspecified atom stereocenters. The fraction of sp³-hybridized carbons (Fsp3) is 0.227. The van der Waals surface area contributed by atoms with Crippen LogP contribution in [0.4, 0.5) is 18.9 Å². The van der Waals surface area contributed by atoms with Crippen molar-refractivity contribution in [1.29, 1.82) is 0 Å². The molecule has 0 aliphatic heterocycles. The predicted octanol–water partition coefficient (Wildman–Crippen LogP) is 6.76. The number of aromatic amines is 1. The highest BCUT2D eigenvalue weighted by atomic mass is 79.9. The first-order chi connectivity index (χ1) is 15.6. The van der Waals surface area contributed by atoms with Crippen LogP contribution in [0.15, 0.2) is 52.0 Å². The topological polar surface area (TPSA) is 88.3 Å². The number of anilines is 1. The van der Waals surface area contributed by atoms with Crippen LogP contribution >= 0.6 is 27.5 Å². The van der Waals surface area contributed by atoms with E-state index in [9.17, 15) is 26.4 Å². The molecule has 182 valence electrons. The normalized spacial score (nSPS) is 12.9. The summed E-state index contributed by atoms with van der Waals surface area (Å²) < 4.78 is 72.7. The van der Waals surface area contributed by atoms with E-state index in [2.05, 4.69) is 25.6 Å². The van der Waals surface area contributed by atoms with E-state index in [-0.39, 0.29) is 15.1 Å². The molecule has 0 bridgehead atoms. The number of sulfonamides is 1. The number of carbonyl (C=O) groups excluding carboxylic acids is 1. The molecule has 1 heterocycles. The Morgan fingerprint density at radius 1 is 1.18 bits per heavy atom. The number of hydrogen-bond acceptors (Lipinski definition) is 4. The van der Waals surface area contributed by atoms with E-state index < -0.39 is 38.4 Å². The second kappa shape index (κ2) is 9.27. The molecule has 2 N–H and O–H groups in total. The van der Waals surface area contributed by atoms with Crippen LogP contribution in [0.25, 0.3) is 17.0 Å². The number of esters is 1. The molecule has 0 atom stereocenters. The lowest BCUT2D eigenvalue weighted by Crippen LogP contribution is -2.22. The van der Waals surface area contributed by atoms with Crippen LogP contribution in [-0.4, -0.2) is 25.0 Å². The zero-order valence-electron chi connectivity index (χ0n) is 18.0. The first-order valence-corrected chi connectivity index (χ1v) is 12.3. The molecule has 0 saturated carbocycles. The van der Waals surface area contributed by atoms with Gasteiger partial charge in [-0.15, -0.1) is 0 Å². The average molecular weight is 580 g/mol. The highest BCUT2D eigenvalue weighted by molar-refractivity contribution is 9.10. The molecular formula is C22H19BrClF3N2O4S. The second-order valence-corrected chi connectivity index (χ2v) is 11.1. The first kappa shape index (κ1) is 26.1. The summed E-state index contributed by atoms with van der Waals surface area (Å²) in [5, 5.41) is 0.0629. The summed E-state index contributed by atoms with van der Waals surface area (Å²) >= 11 is 8.81. The van der Waals surface area contributed by atoms with Gasteiger partial charge in [0.2, 0.25) is 0 Å². The van der Waals surface area contributed by atoms with Gasteiger partial charge in [-0.1, -0.05) is 11.6 Å². The third-order valence-electron chi connectivity index (χ3n) is 4.39. The minimum atomic E-state index is -4.74. The number of H-pyrrole nitrogens is 1. The lowest BCUT2D eigenvalue weighted by atomic mass is 10.1. The zero-order valence-corrected chi connectivity index (χ0v) is 21.2. The monoisotopic (exact) mass is 578 g/mol. The van der Waals surface area contributed by atoms with E-state index in [0.717, 1.165) is 12.1 Å². The van der Waals surface area contributed by atoms with Crippen molar-refractivity contribution in [3.8, 4) is 0 Å². The molecule has 0 spiro atoms. The van der Waals surface area contributed by atoms with Crippen molar-refractivity contribution < 1.29 is 31.1 Å². The van der Waals surface area contributed by atoms with E-state index in [0.29, 0.717) is 22.5 Å². The van der Waals surface area contributed by atoms with Gasteiger partial charge in [-0.05, 0) is 73.1 Å². The summed E-state index contributed by atoms with van der Waals surface area (Å²) in [5.41, 5.74) is -1.07. The molecule has 0 radical (unpaired) electrons. The van der Waals surface area contributed by atoms with Crippen molar-refractivity contribution in [3.63, 3.8) is 0 Å². The van der Waals surface area contributed by atoms with Gasteiger partial charge in [0.1, 0.15) is 10.5 Å². The number of aromatic nitrogens is 1. The summed E-state index contributed by atoms with van der Waals surface area (Å²) in [7, 11) is -4.27. The van der Waals surface area contributed by atoms with Gasteiger partial charge in [-0.3, -0.25) is 4.72 Å². The fourth-order valence-electron chi connectivity index (χ4n) is 3.00.